The molecular formula is C9H12N2O3S. The van der Waals surface area contributed by atoms with Crippen molar-refractivity contribution < 1.29 is 9.53 Å². The molecule has 2 heterocycles. The van der Waals surface area contributed by atoms with Crippen LogP contribution in [0.2, 0.25) is 0 Å². The monoisotopic (exact) mass is 228 g/mol. The van der Waals surface area contributed by atoms with Crippen molar-refractivity contribution in [3.8, 4) is 0 Å². The lowest BCUT2D eigenvalue weighted by atomic mass is 10.2. The van der Waals surface area contributed by atoms with E-state index in [0.717, 1.165) is 29.9 Å². The number of thiazole rings is 1. The number of carbonyl (C=O) groups is 1. The van der Waals surface area contributed by atoms with Crippen LogP contribution in [0.5, 0.6) is 0 Å². The van der Waals surface area contributed by atoms with Gasteiger partial charge in [0.25, 0.3) is 0 Å². The molecule has 1 aliphatic rings. The summed E-state index contributed by atoms with van der Waals surface area (Å²) in [6, 6.07) is 0. The van der Waals surface area contributed by atoms with Gasteiger partial charge in [-0.05, 0) is 12.8 Å². The van der Waals surface area contributed by atoms with E-state index in [1.807, 2.05) is 0 Å². The first-order valence-electron chi connectivity index (χ1n) is 4.82. The molecule has 1 aromatic heterocycles. The smallest absolute Gasteiger partial charge is 0.304 e. The summed E-state index contributed by atoms with van der Waals surface area (Å²) in [5.41, 5.74) is 0.733. The summed E-state index contributed by atoms with van der Waals surface area (Å²) in [6.07, 6.45) is 1.41. The molecule has 0 saturated carbocycles. The quantitative estimate of drug-likeness (QED) is 0.778. The molecule has 1 aliphatic heterocycles. The molecular weight excluding hydrogens is 216 g/mol. The molecule has 1 amide bonds. The summed E-state index contributed by atoms with van der Waals surface area (Å²) < 4.78 is 5.23. The second kappa shape index (κ2) is 4.59. The maximum Gasteiger partial charge on any atom is 0.304 e. The van der Waals surface area contributed by atoms with Crippen LogP contribution in [0, 0.1) is 0 Å². The number of aromatic nitrogens is 1. The van der Waals surface area contributed by atoms with Crippen LogP contribution in [0.1, 0.15) is 18.5 Å². The number of rotatable bonds is 3. The Bertz CT molecular complexity index is 392. The summed E-state index contributed by atoms with van der Waals surface area (Å²) in [7, 11) is 0. The summed E-state index contributed by atoms with van der Waals surface area (Å²) >= 11 is 1.09. The fraction of sp³-hybridized carbons (Fsp3) is 0.556. The molecule has 0 radical (unpaired) electrons. The molecule has 2 rings (SSSR count). The van der Waals surface area contributed by atoms with E-state index in [9.17, 15) is 9.59 Å². The van der Waals surface area contributed by atoms with Crippen LogP contribution in [0.15, 0.2) is 10.2 Å². The van der Waals surface area contributed by atoms with Crippen molar-refractivity contribution in [2.45, 2.75) is 25.5 Å². The predicted molar refractivity (Wildman–Crippen MR) is 55.8 cm³/mol. The molecule has 0 aliphatic carbocycles. The number of amides is 1. The Morgan fingerprint density at radius 2 is 2.60 bits per heavy atom. The maximum atomic E-state index is 11.5. The van der Waals surface area contributed by atoms with E-state index < -0.39 is 0 Å². The van der Waals surface area contributed by atoms with Crippen molar-refractivity contribution in [1.82, 2.24) is 10.3 Å². The number of ether oxygens (including phenoxy) is 1. The van der Waals surface area contributed by atoms with E-state index in [-0.39, 0.29) is 16.9 Å². The first kappa shape index (κ1) is 10.4. The van der Waals surface area contributed by atoms with Gasteiger partial charge < -0.3 is 15.0 Å². The van der Waals surface area contributed by atoms with Gasteiger partial charge in [0.1, 0.15) is 6.10 Å². The Morgan fingerprint density at radius 1 is 1.73 bits per heavy atom. The molecule has 0 bridgehead atoms. The number of aromatic amines is 1. The second-order valence-electron chi connectivity index (χ2n) is 3.39. The molecule has 1 aromatic rings. The van der Waals surface area contributed by atoms with Gasteiger partial charge in [0.15, 0.2) is 0 Å². The third kappa shape index (κ3) is 2.66. The van der Waals surface area contributed by atoms with Crippen molar-refractivity contribution in [3.05, 3.63) is 20.7 Å². The Balaban J connectivity index is 1.82. The lowest BCUT2D eigenvalue weighted by molar-refractivity contribution is -0.130. The normalized spacial score (nSPS) is 20.4. The average Bonchev–Trinajstić information content (AvgIpc) is 2.84. The predicted octanol–water partition coefficient (Wildman–Crippen LogP) is 0.232. The first-order chi connectivity index (χ1) is 7.25. The van der Waals surface area contributed by atoms with Gasteiger partial charge in [-0.25, -0.2) is 0 Å². The Hall–Kier alpha value is -1.14. The molecule has 1 fully saturated rings. The number of hydrogen-bond acceptors (Lipinski definition) is 4. The maximum absolute atomic E-state index is 11.5. The highest BCUT2D eigenvalue weighted by Gasteiger charge is 2.22. The van der Waals surface area contributed by atoms with Gasteiger partial charge in [0, 0.05) is 17.7 Å². The molecule has 0 spiro atoms. The van der Waals surface area contributed by atoms with E-state index in [1.54, 1.807) is 5.38 Å². The standard InChI is InChI=1S/C9H12N2O3S/c12-8(7-2-1-3-14-7)10-4-6-5-15-9(13)11-6/h5,7H,1-4H2,(H,10,12)(H,11,13)/t7-/m1/s1. The third-order valence-corrected chi connectivity index (χ3v) is 2.96. The van der Waals surface area contributed by atoms with E-state index in [0.29, 0.717) is 13.2 Å². The number of hydrogen-bond donors (Lipinski definition) is 2. The van der Waals surface area contributed by atoms with Gasteiger partial charge in [0.2, 0.25) is 5.91 Å². The molecule has 6 heteroatoms. The molecule has 0 unspecified atom stereocenters. The van der Waals surface area contributed by atoms with Crippen molar-refractivity contribution >= 4 is 17.2 Å². The highest BCUT2D eigenvalue weighted by Crippen LogP contribution is 2.11. The molecule has 1 saturated heterocycles. The molecule has 82 valence electrons. The summed E-state index contributed by atoms with van der Waals surface area (Å²) in [4.78, 5) is 24.8. The Kier molecular flexibility index (Phi) is 3.17. The zero-order valence-electron chi connectivity index (χ0n) is 8.12. The minimum Gasteiger partial charge on any atom is -0.368 e. The fourth-order valence-electron chi connectivity index (χ4n) is 1.48. The van der Waals surface area contributed by atoms with Gasteiger partial charge in [-0.2, -0.15) is 0 Å². The van der Waals surface area contributed by atoms with Gasteiger partial charge >= 0.3 is 4.87 Å². The molecule has 0 aromatic carbocycles. The third-order valence-electron chi connectivity index (χ3n) is 2.25. The van der Waals surface area contributed by atoms with Crippen molar-refractivity contribution in [2.24, 2.45) is 0 Å². The van der Waals surface area contributed by atoms with E-state index >= 15 is 0 Å². The van der Waals surface area contributed by atoms with E-state index in [4.69, 9.17) is 4.74 Å². The van der Waals surface area contributed by atoms with Crippen LogP contribution in [0.3, 0.4) is 0 Å². The van der Waals surface area contributed by atoms with E-state index in [2.05, 4.69) is 10.3 Å². The summed E-state index contributed by atoms with van der Waals surface area (Å²) in [5, 5.41) is 4.43. The topological polar surface area (TPSA) is 71.2 Å². The molecule has 5 nitrogen and oxygen atoms in total. The van der Waals surface area contributed by atoms with Crippen LogP contribution in [-0.4, -0.2) is 23.6 Å². The summed E-state index contributed by atoms with van der Waals surface area (Å²) in [6.45, 7) is 1.02. The fourth-order valence-corrected chi connectivity index (χ4v) is 2.06. The average molecular weight is 228 g/mol. The SMILES string of the molecule is O=C(NCc1csc(=O)[nH]1)[C@H]1CCCO1. The lowest BCUT2D eigenvalue weighted by Crippen LogP contribution is -2.33. The molecule has 1 atom stereocenters. The number of H-pyrrole nitrogens is 1. The highest BCUT2D eigenvalue weighted by molar-refractivity contribution is 7.07. The van der Waals surface area contributed by atoms with Crippen LogP contribution in [0.4, 0.5) is 0 Å². The van der Waals surface area contributed by atoms with Gasteiger partial charge in [-0.3, -0.25) is 9.59 Å². The Labute approximate surface area is 90.5 Å². The zero-order valence-corrected chi connectivity index (χ0v) is 8.93. The first-order valence-corrected chi connectivity index (χ1v) is 5.69. The van der Waals surface area contributed by atoms with Crippen LogP contribution < -0.4 is 10.2 Å². The summed E-state index contributed by atoms with van der Waals surface area (Å²) in [5.74, 6) is -0.0976. The Morgan fingerprint density at radius 3 is 3.20 bits per heavy atom. The zero-order chi connectivity index (χ0) is 10.7. The molecule has 15 heavy (non-hydrogen) atoms. The van der Waals surface area contributed by atoms with Gasteiger partial charge in [0.05, 0.1) is 6.54 Å². The van der Waals surface area contributed by atoms with Crippen LogP contribution in [0.25, 0.3) is 0 Å². The largest absolute Gasteiger partial charge is 0.368 e. The number of carbonyl (C=O) groups excluding carboxylic acids is 1. The second-order valence-corrected chi connectivity index (χ2v) is 4.24. The molecule has 2 N–H and O–H groups in total. The van der Waals surface area contributed by atoms with Crippen molar-refractivity contribution in [1.29, 1.82) is 0 Å². The van der Waals surface area contributed by atoms with Gasteiger partial charge in [-0.15, -0.1) is 0 Å². The minimum atomic E-state index is -0.310. The van der Waals surface area contributed by atoms with Crippen molar-refractivity contribution in [3.63, 3.8) is 0 Å². The lowest BCUT2D eigenvalue weighted by Gasteiger charge is -2.08. The highest BCUT2D eigenvalue weighted by atomic mass is 32.1. The van der Waals surface area contributed by atoms with Crippen LogP contribution in [-0.2, 0) is 16.1 Å². The van der Waals surface area contributed by atoms with Gasteiger partial charge in [-0.1, -0.05) is 11.3 Å². The minimum absolute atomic E-state index is 0.0976. The van der Waals surface area contributed by atoms with Crippen LogP contribution >= 0.6 is 11.3 Å². The van der Waals surface area contributed by atoms with Crippen molar-refractivity contribution in [2.75, 3.05) is 6.61 Å². The van der Waals surface area contributed by atoms with E-state index in [1.165, 1.54) is 0 Å². The number of nitrogens with one attached hydrogen (secondary N) is 2.